The molecule has 0 bridgehead atoms. The van der Waals surface area contributed by atoms with Gasteiger partial charge in [-0.25, -0.2) is 0 Å². The van der Waals surface area contributed by atoms with Crippen LogP contribution in [0.2, 0.25) is 0 Å². The molecule has 0 unspecified atom stereocenters. The van der Waals surface area contributed by atoms with Crippen LogP contribution in [0.3, 0.4) is 0 Å². The summed E-state index contributed by atoms with van der Waals surface area (Å²) >= 11 is 0. The number of benzene rings is 1. The zero-order valence-corrected chi connectivity index (χ0v) is 8.55. The number of nitro groups is 1. The Hall–Kier alpha value is -2.22. The van der Waals surface area contributed by atoms with E-state index in [0.29, 0.717) is 12.8 Å². The lowest BCUT2D eigenvalue weighted by Crippen LogP contribution is -1.98. The molecule has 1 aromatic rings. The third-order valence-corrected chi connectivity index (χ3v) is 2.12. The van der Waals surface area contributed by atoms with Gasteiger partial charge in [-0.1, -0.05) is 12.1 Å². The molecule has 0 saturated carbocycles. The molecule has 0 aliphatic carbocycles. The van der Waals surface area contributed by atoms with E-state index in [1.165, 1.54) is 12.1 Å². The van der Waals surface area contributed by atoms with E-state index in [1.807, 2.05) is 0 Å². The van der Waals surface area contributed by atoms with Gasteiger partial charge in [0.2, 0.25) is 0 Å². The van der Waals surface area contributed by atoms with E-state index in [1.54, 1.807) is 18.2 Å². The molecule has 1 aromatic carbocycles. The van der Waals surface area contributed by atoms with Crippen molar-refractivity contribution in [2.75, 3.05) is 0 Å². The molecule has 0 amide bonds. The number of carbonyl (C=O) groups excluding carboxylic acids is 1. The molecular weight excluding hydrogens is 208 g/mol. The minimum atomic E-state index is -0.468. The van der Waals surface area contributed by atoms with E-state index in [0.717, 1.165) is 5.56 Å². The second-order valence-electron chi connectivity index (χ2n) is 3.30. The van der Waals surface area contributed by atoms with Crippen molar-refractivity contribution in [3.8, 4) is 6.07 Å². The Kier molecular flexibility index (Phi) is 4.16. The zero-order valence-electron chi connectivity index (χ0n) is 8.55. The number of nitriles is 1. The van der Waals surface area contributed by atoms with Crippen molar-refractivity contribution in [3.63, 3.8) is 0 Å². The van der Waals surface area contributed by atoms with Gasteiger partial charge in [0.15, 0.2) is 0 Å². The third kappa shape index (κ3) is 3.50. The molecule has 0 atom stereocenters. The standard InChI is InChI=1S/C11H10N2O3/c12-8-7-11(14)6-3-9-1-4-10(5-2-9)13(15)16/h1-2,4-5H,3,6-7H2. The number of non-ortho nitro benzene ring substituents is 1. The van der Waals surface area contributed by atoms with Gasteiger partial charge in [-0.05, 0) is 12.0 Å². The van der Waals surface area contributed by atoms with Gasteiger partial charge >= 0.3 is 0 Å². The van der Waals surface area contributed by atoms with Crippen LogP contribution in [0.1, 0.15) is 18.4 Å². The monoisotopic (exact) mass is 218 g/mol. The van der Waals surface area contributed by atoms with Gasteiger partial charge in [0, 0.05) is 18.6 Å². The predicted octanol–water partition coefficient (Wildman–Crippen LogP) is 2.01. The van der Waals surface area contributed by atoms with Crippen LogP contribution in [0.4, 0.5) is 5.69 Å². The van der Waals surface area contributed by atoms with Crippen LogP contribution < -0.4 is 0 Å². The lowest BCUT2D eigenvalue weighted by Gasteiger charge is -1.98. The van der Waals surface area contributed by atoms with E-state index < -0.39 is 4.92 Å². The molecule has 0 spiro atoms. The van der Waals surface area contributed by atoms with E-state index in [-0.39, 0.29) is 17.9 Å². The van der Waals surface area contributed by atoms with Crippen molar-refractivity contribution in [3.05, 3.63) is 39.9 Å². The molecule has 16 heavy (non-hydrogen) atoms. The highest BCUT2D eigenvalue weighted by atomic mass is 16.6. The van der Waals surface area contributed by atoms with Gasteiger partial charge in [0.1, 0.15) is 5.78 Å². The van der Waals surface area contributed by atoms with Crippen molar-refractivity contribution in [1.82, 2.24) is 0 Å². The number of nitro benzene ring substituents is 1. The van der Waals surface area contributed by atoms with Crippen LogP contribution in [0.25, 0.3) is 0 Å². The van der Waals surface area contributed by atoms with Crippen molar-refractivity contribution < 1.29 is 9.72 Å². The summed E-state index contributed by atoms with van der Waals surface area (Å²) in [4.78, 5) is 21.0. The summed E-state index contributed by atoms with van der Waals surface area (Å²) in [5, 5.41) is 18.7. The van der Waals surface area contributed by atoms with Gasteiger partial charge in [-0.2, -0.15) is 5.26 Å². The molecule has 5 nitrogen and oxygen atoms in total. The van der Waals surface area contributed by atoms with Crippen LogP contribution in [-0.4, -0.2) is 10.7 Å². The van der Waals surface area contributed by atoms with Crippen LogP contribution in [0, 0.1) is 21.4 Å². The quantitative estimate of drug-likeness (QED) is 0.559. The van der Waals surface area contributed by atoms with Gasteiger partial charge in [-0.15, -0.1) is 0 Å². The Bertz CT molecular complexity index is 432. The highest BCUT2D eigenvalue weighted by Crippen LogP contribution is 2.13. The lowest BCUT2D eigenvalue weighted by atomic mass is 10.1. The van der Waals surface area contributed by atoms with Crippen molar-refractivity contribution >= 4 is 11.5 Å². The molecule has 0 radical (unpaired) electrons. The Morgan fingerprint density at radius 3 is 2.50 bits per heavy atom. The molecule has 0 aliphatic rings. The summed E-state index contributed by atoms with van der Waals surface area (Å²) in [6, 6.07) is 7.85. The van der Waals surface area contributed by atoms with Crippen LogP contribution in [0.5, 0.6) is 0 Å². The minimum absolute atomic E-state index is 0.0344. The number of aryl methyl sites for hydroxylation is 1. The summed E-state index contributed by atoms with van der Waals surface area (Å²) in [6.07, 6.45) is 0.733. The number of nitrogens with zero attached hydrogens (tertiary/aromatic N) is 2. The summed E-state index contributed by atoms with van der Waals surface area (Å²) in [5.41, 5.74) is 0.893. The first-order valence-electron chi connectivity index (χ1n) is 4.75. The fourth-order valence-electron chi connectivity index (χ4n) is 1.24. The van der Waals surface area contributed by atoms with E-state index in [4.69, 9.17) is 5.26 Å². The van der Waals surface area contributed by atoms with Gasteiger partial charge in [0.05, 0.1) is 17.4 Å². The normalized spacial score (nSPS) is 9.44. The molecule has 0 saturated heterocycles. The van der Waals surface area contributed by atoms with Gasteiger partial charge < -0.3 is 0 Å². The molecule has 0 heterocycles. The highest BCUT2D eigenvalue weighted by molar-refractivity contribution is 5.80. The number of carbonyl (C=O) groups is 1. The van der Waals surface area contributed by atoms with E-state index >= 15 is 0 Å². The first kappa shape index (κ1) is 11.9. The van der Waals surface area contributed by atoms with Crippen molar-refractivity contribution in [1.29, 1.82) is 5.26 Å². The maximum absolute atomic E-state index is 11.1. The lowest BCUT2D eigenvalue weighted by molar-refractivity contribution is -0.384. The fraction of sp³-hybridized carbons (Fsp3) is 0.273. The smallest absolute Gasteiger partial charge is 0.269 e. The Morgan fingerprint density at radius 2 is 2.00 bits per heavy atom. The van der Waals surface area contributed by atoms with Crippen LogP contribution in [-0.2, 0) is 11.2 Å². The second kappa shape index (κ2) is 5.61. The molecule has 0 N–H and O–H groups in total. The number of hydrogen-bond acceptors (Lipinski definition) is 4. The second-order valence-corrected chi connectivity index (χ2v) is 3.30. The third-order valence-electron chi connectivity index (χ3n) is 2.12. The van der Waals surface area contributed by atoms with Crippen LogP contribution >= 0.6 is 0 Å². The molecule has 5 heteroatoms. The highest BCUT2D eigenvalue weighted by Gasteiger charge is 2.05. The Balaban J connectivity index is 2.53. The predicted molar refractivity (Wildman–Crippen MR) is 56.7 cm³/mol. The molecular formula is C11H10N2O3. The Labute approximate surface area is 92.5 Å². The summed E-state index contributed by atoms with van der Waals surface area (Å²) in [7, 11) is 0. The van der Waals surface area contributed by atoms with Gasteiger partial charge in [-0.3, -0.25) is 14.9 Å². The van der Waals surface area contributed by atoms with Crippen molar-refractivity contribution in [2.45, 2.75) is 19.3 Å². The molecule has 0 aromatic heterocycles. The molecule has 0 fully saturated rings. The molecule has 1 rings (SSSR count). The van der Waals surface area contributed by atoms with Crippen LogP contribution in [0.15, 0.2) is 24.3 Å². The number of hydrogen-bond donors (Lipinski definition) is 0. The number of rotatable bonds is 5. The maximum Gasteiger partial charge on any atom is 0.269 e. The molecule has 82 valence electrons. The topological polar surface area (TPSA) is 84.0 Å². The number of Topliss-reactive ketones (excluding diaryl/α,β-unsaturated/α-hetero) is 1. The van der Waals surface area contributed by atoms with Gasteiger partial charge in [0.25, 0.3) is 5.69 Å². The van der Waals surface area contributed by atoms with E-state index in [2.05, 4.69) is 0 Å². The first-order chi connectivity index (χ1) is 7.63. The van der Waals surface area contributed by atoms with E-state index in [9.17, 15) is 14.9 Å². The zero-order chi connectivity index (χ0) is 12.0. The largest absolute Gasteiger partial charge is 0.299 e. The summed E-state index contributed by atoms with van der Waals surface area (Å²) < 4.78 is 0. The Morgan fingerprint density at radius 1 is 1.38 bits per heavy atom. The first-order valence-corrected chi connectivity index (χ1v) is 4.75. The number of ketones is 1. The fourth-order valence-corrected chi connectivity index (χ4v) is 1.24. The van der Waals surface area contributed by atoms with Crippen molar-refractivity contribution in [2.24, 2.45) is 0 Å². The summed E-state index contributed by atoms with van der Waals surface area (Å²) in [5.74, 6) is -0.110. The molecule has 0 aliphatic heterocycles. The minimum Gasteiger partial charge on any atom is -0.299 e. The average molecular weight is 218 g/mol. The average Bonchev–Trinajstić information content (AvgIpc) is 2.27. The summed E-state index contributed by atoms with van der Waals surface area (Å²) in [6.45, 7) is 0. The maximum atomic E-state index is 11.1. The SMILES string of the molecule is N#CCC(=O)CCc1ccc([N+](=O)[O-])cc1.